The van der Waals surface area contributed by atoms with Gasteiger partial charge in [0.05, 0.1) is 10.6 Å². The average Bonchev–Trinajstić information content (AvgIpc) is 2.88. The number of carbonyl (C=O) groups is 2. The second-order valence-electron chi connectivity index (χ2n) is 10.4. The van der Waals surface area contributed by atoms with Crippen molar-refractivity contribution in [2.24, 2.45) is 0 Å². The minimum Gasteiger partial charge on any atom is -0.352 e. The molecule has 40 heavy (non-hydrogen) atoms. The van der Waals surface area contributed by atoms with Crippen LogP contribution < -0.4 is 9.62 Å². The molecule has 0 heterocycles. The second kappa shape index (κ2) is 13.3. The van der Waals surface area contributed by atoms with E-state index in [2.05, 4.69) is 5.32 Å². The lowest BCUT2D eigenvalue weighted by Gasteiger charge is -2.33. The molecule has 0 bridgehead atoms. The molecular formula is C31H38ClN3O4S. The smallest absolute Gasteiger partial charge is 0.264 e. The highest BCUT2D eigenvalue weighted by Gasteiger charge is 2.34. The fourth-order valence-electron chi connectivity index (χ4n) is 4.41. The van der Waals surface area contributed by atoms with Crippen molar-refractivity contribution in [2.45, 2.75) is 71.5 Å². The summed E-state index contributed by atoms with van der Waals surface area (Å²) in [5.74, 6) is -0.788. The molecule has 0 saturated carbocycles. The van der Waals surface area contributed by atoms with Crippen LogP contribution >= 0.6 is 11.6 Å². The molecule has 0 aromatic heterocycles. The van der Waals surface area contributed by atoms with Crippen LogP contribution in [0.25, 0.3) is 0 Å². The summed E-state index contributed by atoms with van der Waals surface area (Å²) in [6.45, 7) is 10.8. The Bertz CT molecular complexity index is 1460. The molecule has 0 radical (unpaired) electrons. The summed E-state index contributed by atoms with van der Waals surface area (Å²) in [5, 5.41) is 3.29. The maximum atomic E-state index is 14.1. The summed E-state index contributed by atoms with van der Waals surface area (Å²) in [6.07, 6.45) is 0.358. The van der Waals surface area contributed by atoms with E-state index in [0.29, 0.717) is 11.4 Å². The molecule has 7 nitrogen and oxygen atoms in total. The van der Waals surface area contributed by atoms with Gasteiger partial charge in [-0.05, 0) is 76.4 Å². The van der Waals surface area contributed by atoms with Crippen LogP contribution in [0, 0.1) is 20.8 Å². The first-order valence-electron chi connectivity index (χ1n) is 13.3. The third-order valence-corrected chi connectivity index (χ3v) is 8.78. The van der Waals surface area contributed by atoms with Gasteiger partial charge in [-0.2, -0.15) is 0 Å². The lowest BCUT2D eigenvalue weighted by Crippen LogP contribution is -2.53. The summed E-state index contributed by atoms with van der Waals surface area (Å²) in [6, 6.07) is 18.1. The van der Waals surface area contributed by atoms with Gasteiger partial charge < -0.3 is 10.2 Å². The zero-order valence-electron chi connectivity index (χ0n) is 23.9. The highest BCUT2D eigenvalue weighted by atomic mass is 35.5. The monoisotopic (exact) mass is 583 g/mol. The van der Waals surface area contributed by atoms with Gasteiger partial charge in [0.25, 0.3) is 10.0 Å². The van der Waals surface area contributed by atoms with Crippen LogP contribution in [0.5, 0.6) is 0 Å². The minimum absolute atomic E-state index is 0.0532. The quantitative estimate of drug-likeness (QED) is 0.309. The van der Waals surface area contributed by atoms with Crippen LogP contribution in [0.1, 0.15) is 49.4 Å². The number of nitrogens with one attached hydrogen (secondary N) is 1. The van der Waals surface area contributed by atoms with Crippen molar-refractivity contribution in [2.75, 3.05) is 10.8 Å². The van der Waals surface area contributed by atoms with E-state index in [0.717, 1.165) is 26.6 Å². The number of aryl methyl sites for hydroxylation is 3. The summed E-state index contributed by atoms with van der Waals surface area (Å²) in [5.41, 5.74) is 3.81. The van der Waals surface area contributed by atoms with Crippen LogP contribution in [0.2, 0.25) is 5.02 Å². The van der Waals surface area contributed by atoms with Crippen LogP contribution in [-0.4, -0.2) is 43.8 Å². The predicted octanol–water partition coefficient (Wildman–Crippen LogP) is 5.79. The predicted molar refractivity (Wildman–Crippen MR) is 161 cm³/mol. The average molecular weight is 584 g/mol. The van der Waals surface area contributed by atoms with E-state index in [4.69, 9.17) is 11.6 Å². The first-order chi connectivity index (χ1) is 18.8. The topological polar surface area (TPSA) is 86.8 Å². The Balaban J connectivity index is 2.09. The number of nitrogens with zero attached hydrogens (tertiary/aromatic N) is 2. The van der Waals surface area contributed by atoms with Crippen LogP contribution in [-0.2, 0) is 26.2 Å². The molecule has 2 amide bonds. The number of carbonyl (C=O) groups excluding carboxylic acids is 2. The number of hydrogen-bond acceptors (Lipinski definition) is 4. The molecular weight excluding hydrogens is 546 g/mol. The Labute approximate surface area is 243 Å². The fourth-order valence-corrected chi connectivity index (χ4v) is 5.99. The van der Waals surface area contributed by atoms with Gasteiger partial charge in [0.15, 0.2) is 0 Å². The summed E-state index contributed by atoms with van der Waals surface area (Å²) < 4.78 is 29.0. The zero-order chi connectivity index (χ0) is 29.6. The Morgan fingerprint density at radius 2 is 1.60 bits per heavy atom. The van der Waals surface area contributed by atoms with Crippen molar-refractivity contribution in [3.8, 4) is 0 Å². The first kappa shape index (κ1) is 31.2. The molecule has 0 saturated heterocycles. The highest BCUT2D eigenvalue weighted by molar-refractivity contribution is 7.92. The number of rotatable bonds is 11. The SMILES string of the molecule is CC[C@@H](C(=O)NC(C)C)N(Cc1cccc(C)c1)C(=O)CN(c1ccc(C)c(Cl)c1)S(=O)(=O)c1ccc(C)cc1. The summed E-state index contributed by atoms with van der Waals surface area (Å²) >= 11 is 6.39. The van der Waals surface area contributed by atoms with Gasteiger partial charge in [0.2, 0.25) is 11.8 Å². The van der Waals surface area contributed by atoms with Crippen LogP contribution in [0.3, 0.4) is 0 Å². The van der Waals surface area contributed by atoms with E-state index in [-0.39, 0.29) is 29.1 Å². The molecule has 0 aliphatic heterocycles. The molecule has 1 atom stereocenters. The Hall–Kier alpha value is -3.36. The van der Waals surface area contributed by atoms with E-state index < -0.39 is 28.5 Å². The maximum Gasteiger partial charge on any atom is 0.264 e. The standard InChI is InChI=1S/C31H38ClN3O4S/c1-7-29(31(37)33-21(2)3)34(19-25-10-8-9-23(5)17-25)30(36)20-35(26-14-13-24(6)28(32)18-26)40(38,39)27-15-11-22(4)12-16-27/h8-18,21,29H,7,19-20H2,1-6H3,(H,33,37)/t29-/m0/s1. The van der Waals surface area contributed by atoms with Crippen molar-refractivity contribution < 1.29 is 18.0 Å². The lowest BCUT2D eigenvalue weighted by molar-refractivity contribution is -0.140. The zero-order valence-corrected chi connectivity index (χ0v) is 25.5. The van der Waals surface area contributed by atoms with Gasteiger partial charge >= 0.3 is 0 Å². The molecule has 1 N–H and O–H groups in total. The third-order valence-electron chi connectivity index (χ3n) is 6.58. The number of sulfonamides is 1. The van der Waals surface area contributed by atoms with E-state index in [9.17, 15) is 18.0 Å². The van der Waals surface area contributed by atoms with Gasteiger partial charge in [-0.3, -0.25) is 13.9 Å². The summed E-state index contributed by atoms with van der Waals surface area (Å²) in [4.78, 5) is 28.8. The van der Waals surface area contributed by atoms with Gasteiger partial charge in [0.1, 0.15) is 12.6 Å². The fraction of sp³-hybridized carbons (Fsp3) is 0.355. The number of benzene rings is 3. The number of amides is 2. The highest BCUT2D eigenvalue weighted by Crippen LogP contribution is 2.29. The first-order valence-corrected chi connectivity index (χ1v) is 15.2. The number of hydrogen-bond donors (Lipinski definition) is 1. The van der Waals surface area contributed by atoms with Crippen molar-refractivity contribution in [3.63, 3.8) is 0 Å². The molecule has 0 aliphatic carbocycles. The molecule has 0 aliphatic rings. The van der Waals surface area contributed by atoms with E-state index in [1.54, 1.807) is 30.3 Å². The molecule has 9 heteroatoms. The van der Waals surface area contributed by atoms with E-state index in [1.165, 1.54) is 17.0 Å². The Kier molecular flexibility index (Phi) is 10.4. The van der Waals surface area contributed by atoms with Crippen LogP contribution in [0.4, 0.5) is 5.69 Å². The van der Waals surface area contributed by atoms with Gasteiger partial charge in [-0.15, -0.1) is 0 Å². The number of anilines is 1. The lowest BCUT2D eigenvalue weighted by atomic mass is 10.1. The molecule has 0 fully saturated rings. The molecule has 3 aromatic rings. The molecule has 3 rings (SSSR count). The van der Waals surface area contributed by atoms with Crippen molar-refractivity contribution in [1.29, 1.82) is 0 Å². The normalized spacial score (nSPS) is 12.2. The van der Waals surface area contributed by atoms with Gasteiger partial charge in [0, 0.05) is 17.6 Å². The molecule has 0 spiro atoms. The Morgan fingerprint density at radius 1 is 0.925 bits per heavy atom. The summed E-state index contributed by atoms with van der Waals surface area (Å²) in [7, 11) is -4.15. The maximum absolute atomic E-state index is 14.1. The van der Waals surface area contributed by atoms with Crippen molar-refractivity contribution >= 4 is 39.1 Å². The van der Waals surface area contributed by atoms with E-state index in [1.807, 2.05) is 65.8 Å². The van der Waals surface area contributed by atoms with Crippen LogP contribution in [0.15, 0.2) is 71.6 Å². The minimum atomic E-state index is -4.15. The van der Waals surface area contributed by atoms with Gasteiger partial charge in [-0.25, -0.2) is 8.42 Å². The second-order valence-corrected chi connectivity index (χ2v) is 12.6. The Morgan fingerprint density at radius 3 is 2.17 bits per heavy atom. The largest absolute Gasteiger partial charge is 0.352 e. The number of halogens is 1. The molecule has 214 valence electrons. The van der Waals surface area contributed by atoms with Crippen molar-refractivity contribution in [3.05, 3.63) is 94.0 Å². The van der Waals surface area contributed by atoms with E-state index >= 15 is 0 Å². The van der Waals surface area contributed by atoms with Crippen molar-refractivity contribution in [1.82, 2.24) is 10.2 Å². The third kappa shape index (κ3) is 7.64. The van der Waals surface area contributed by atoms with Gasteiger partial charge in [-0.1, -0.05) is 72.1 Å². The molecule has 0 unspecified atom stereocenters. The molecule has 3 aromatic carbocycles.